The van der Waals surface area contributed by atoms with Crippen LogP contribution in [-0.4, -0.2) is 25.1 Å². The molecule has 4 aromatic rings. The van der Waals surface area contributed by atoms with E-state index < -0.39 is 6.04 Å². The Morgan fingerprint density at radius 1 is 0.969 bits per heavy atom. The van der Waals surface area contributed by atoms with Crippen LogP contribution in [0.5, 0.6) is 5.75 Å². The normalized spacial score (nSPS) is 12.0. The molecule has 156 valence electrons. The summed E-state index contributed by atoms with van der Waals surface area (Å²) in [5.74, 6) is -0.346. The highest BCUT2D eigenvalue weighted by Crippen LogP contribution is 2.24. The second kappa shape index (κ2) is 9.70. The number of phenolic OH excluding ortho intramolecular Hbond substituents is 1. The summed E-state index contributed by atoms with van der Waals surface area (Å²) in [6.07, 6.45) is 1.47. The molecule has 1 amide bonds. The van der Waals surface area contributed by atoms with E-state index >= 15 is 0 Å². The second-order valence-corrected chi connectivity index (χ2v) is 8.08. The Morgan fingerprint density at radius 2 is 1.69 bits per heavy atom. The lowest BCUT2D eigenvalue weighted by Crippen LogP contribution is -2.30. The third-order valence-electron chi connectivity index (χ3n) is 4.96. The molecule has 0 aliphatic carbocycles. The molecule has 0 aromatic heterocycles. The fraction of sp³-hybridized carbons (Fsp3) is 0.0400. The molecule has 1 unspecified atom stereocenters. The number of benzene rings is 4. The van der Waals surface area contributed by atoms with Gasteiger partial charge in [0.05, 0.1) is 10.7 Å². The molecule has 4 aromatic carbocycles. The maximum absolute atomic E-state index is 13.0. The van der Waals surface area contributed by atoms with Crippen molar-refractivity contribution in [1.82, 2.24) is 5.43 Å². The van der Waals surface area contributed by atoms with Crippen molar-refractivity contribution in [3.8, 4) is 5.75 Å². The number of carbonyl (C=O) groups excluding carboxylic acids is 1. The third-order valence-corrected chi connectivity index (χ3v) is 5.56. The molecule has 5 nitrogen and oxygen atoms in total. The molecular weight excluding hydrogens is 465 g/mol. The van der Waals surface area contributed by atoms with Crippen LogP contribution in [0.1, 0.15) is 17.2 Å². The van der Waals surface area contributed by atoms with Crippen LogP contribution in [0.2, 0.25) is 0 Å². The van der Waals surface area contributed by atoms with E-state index in [1.807, 2.05) is 72.8 Å². The van der Waals surface area contributed by atoms with Crippen LogP contribution in [0.4, 0.5) is 5.69 Å². The minimum Gasteiger partial charge on any atom is -0.507 e. The van der Waals surface area contributed by atoms with Crippen molar-refractivity contribution in [2.45, 2.75) is 6.04 Å². The number of hydrazone groups is 1. The molecule has 3 N–H and O–H groups in total. The van der Waals surface area contributed by atoms with Crippen molar-refractivity contribution in [3.05, 3.63) is 101 Å². The van der Waals surface area contributed by atoms with E-state index in [0.29, 0.717) is 10.0 Å². The molecule has 4 rings (SSSR count). The Kier molecular flexibility index (Phi) is 6.56. The summed E-state index contributed by atoms with van der Waals surface area (Å²) in [6.45, 7) is 0. The van der Waals surface area contributed by atoms with Crippen molar-refractivity contribution in [3.63, 3.8) is 0 Å². The molecule has 0 aliphatic heterocycles. The van der Waals surface area contributed by atoms with Crippen LogP contribution in [0, 0.1) is 0 Å². The zero-order chi connectivity index (χ0) is 22.5. The molecule has 0 saturated carbocycles. The maximum atomic E-state index is 13.0. The van der Waals surface area contributed by atoms with Gasteiger partial charge in [-0.3, -0.25) is 4.79 Å². The second-order valence-electron chi connectivity index (χ2n) is 7.22. The van der Waals surface area contributed by atoms with E-state index in [2.05, 4.69) is 31.8 Å². The number of anilines is 1. The lowest BCUT2D eigenvalue weighted by molar-refractivity contribution is -0.121. The van der Waals surface area contributed by atoms with Crippen LogP contribution in [0.15, 0.2) is 94.5 Å². The molecular formula is C25H19BBrN3O2. The van der Waals surface area contributed by atoms with E-state index in [0.717, 1.165) is 22.0 Å². The van der Waals surface area contributed by atoms with E-state index in [9.17, 15) is 9.90 Å². The number of carbonyl (C=O) groups is 1. The first kappa shape index (κ1) is 21.6. The molecule has 1 atom stereocenters. The summed E-state index contributed by atoms with van der Waals surface area (Å²) in [6, 6.07) is 26.1. The Balaban J connectivity index is 1.55. The van der Waals surface area contributed by atoms with E-state index in [1.54, 1.807) is 12.1 Å². The summed E-state index contributed by atoms with van der Waals surface area (Å²) in [5, 5.41) is 19.3. The minimum atomic E-state index is -0.647. The third kappa shape index (κ3) is 5.00. The van der Waals surface area contributed by atoms with Gasteiger partial charge in [0.1, 0.15) is 19.6 Å². The van der Waals surface area contributed by atoms with E-state index in [4.69, 9.17) is 7.85 Å². The number of fused-ring (bicyclic) bond motifs is 1. The zero-order valence-electron chi connectivity index (χ0n) is 17.0. The first-order valence-electron chi connectivity index (χ1n) is 9.92. The fourth-order valence-electron chi connectivity index (χ4n) is 3.34. The SMILES string of the molecule is [B]c1cc(/C=N/NC(=O)C(Nc2ccc3ccccc3c2)c2ccccc2)cc(Br)c1O. The van der Waals surface area contributed by atoms with Crippen molar-refractivity contribution < 1.29 is 9.90 Å². The Hall–Kier alpha value is -3.58. The molecule has 0 fully saturated rings. The summed E-state index contributed by atoms with van der Waals surface area (Å²) in [5.41, 5.74) is 5.07. The summed E-state index contributed by atoms with van der Waals surface area (Å²) >= 11 is 3.24. The van der Waals surface area contributed by atoms with E-state index in [-0.39, 0.29) is 17.1 Å². The Bertz CT molecular complexity index is 1270. The number of nitrogens with one attached hydrogen (secondary N) is 2. The molecule has 0 saturated heterocycles. The van der Waals surface area contributed by atoms with Crippen molar-refractivity contribution in [2.24, 2.45) is 5.10 Å². The van der Waals surface area contributed by atoms with Gasteiger partial charge in [0.2, 0.25) is 0 Å². The average molecular weight is 484 g/mol. The highest BCUT2D eigenvalue weighted by molar-refractivity contribution is 9.10. The number of amides is 1. The van der Waals surface area contributed by atoms with Gasteiger partial charge in [0.25, 0.3) is 5.91 Å². The quantitative estimate of drug-likeness (QED) is 0.216. The van der Waals surface area contributed by atoms with Crippen LogP contribution in [0.3, 0.4) is 0 Å². The fourth-order valence-corrected chi connectivity index (χ4v) is 3.84. The van der Waals surface area contributed by atoms with Gasteiger partial charge in [0, 0.05) is 5.69 Å². The number of halogens is 1. The molecule has 2 radical (unpaired) electrons. The Morgan fingerprint density at radius 3 is 2.44 bits per heavy atom. The zero-order valence-corrected chi connectivity index (χ0v) is 18.6. The standard InChI is InChI=1S/C25H19BBrN3O2/c26-21-12-16(13-22(27)24(21)31)15-28-30-25(32)23(18-7-2-1-3-8-18)29-20-11-10-17-6-4-5-9-19(17)14-20/h1-15,23,29,31H,(H,30,32)/b28-15+. The van der Waals surface area contributed by atoms with Crippen LogP contribution in [-0.2, 0) is 4.79 Å². The largest absolute Gasteiger partial charge is 0.507 e. The number of aromatic hydroxyl groups is 1. The van der Waals surface area contributed by atoms with Crippen LogP contribution >= 0.6 is 15.9 Å². The number of rotatable bonds is 6. The predicted molar refractivity (Wildman–Crippen MR) is 134 cm³/mol. The highest BCUT2D eigenvalue weighted by Gasteiger charge is 2.20. The summed E-state index contributed by atoms with van der Waals surface area (Å²) in [4.78, 5) is 13.0. The monoisotopic (exact) mass is 483 g/mol. The smallest absolute Gasteiger partial charge is 0.267 e. The summed E-state index contributed by atoms with van der Waals surface area (Å²) < 4.78 is 0.449. The molecule has 0 spiro atoms. The molecule has 7 heteroatoms. The Labute approximate surface area is 195 Å². The van der Waals surface area contributed by atoms with Crippen LogP contribution in [0.25, 0.3) is 10.8 Å². The number of nitrogens with zero attached hydrogens (tertiary/aromatic N) is 1. The first-order valence-corrected chi connectivity index (χ1v) is 10.7. The first-order chi connectivity index (χ1) is 15.5. The molecule has 0 bridgehead atoms. The summed E-state index contributed by atoms with van der Waals surface area (Å²) in [7, 11) is 5.76. The lowest BCUT2D eigenvalue weighted by atomic mass is 9.93. The van der Waals surface area contributed by atoms with Crippen molar-refractivity contribution >= 4 is 57.8 Å². The van der Waals surface area contributed by atoms with Gasteiger partial charge in [0.15, 0.2) is 0 Å². The van der Waals surface area contributed by atoms with E-state index in [1.165, 1.54) is 6.21 Å². The van der Waals surface area contributed by atoms with Gasteiger partial charge in [-0.15, -0.1) is 0 Å². The van der Waals surface area contributed by atoms with Gasteiger partial charge < -0.3 is 10.4 Å². The van der Waals surface area contributed by atoms with Gasteiger partial charge >= 0.3 is 0 Å². The van der Waals surface area contributed by atoms with Crippen molar-refractivity contribution in [1.29, 1.82) is 0 Å². The van der Waals surface area contributed by atoms with Gasteiger partial charge in [-0.1, -0.05) is 72.2 Å². The van der Waals surface area contributed by atoms with Gasteiger partial charge in [-0.05, 0) is 56.0 Å². The minimum absolute atomic E-state index is 0.0325. The topological polar surface area (TPSA) is 73.7 Å². The molecule has 0 heterocycles. The van der Waals surface area contributed by atoms with Gasteiger partial charge in [-0.25, -0.2) is 5.43 Å². The number of phenols is 1. The van der Waals surface area contributed by atoms with Gasteiger partial charge in [-0.2, -0.15) is 5.10 Å². The number of hydrogen-bond acceptors (Lipinski definition) is 4. The van der Waals surface area contributed by atoms with Crippen LogP contribution < -0.4 is 16.2 Å². The van der Waals surface area contributed by atoms with Crippen molar-refractivity contribution in [2.75, 3.05) is 5.32 Å². The lowest BCUT2D eigenvalue weighted by Gasteiger charge is -2.19. The average Bonchev–Trinajstić information content (AvgIpc) is 2.81. The molecule has 0 aliphatic rings. The number of hydrogen-bond donors (Lipinski definition) is 3. The maximum Gasteiger partial charge on any atom is 0.267 e. The highest BCUT2D eigenvalue weighted by atomic mass is 79.9. The predicted octanol–water partition coefficient (Wildman–Crippen LogP) is 4.41. The molecule has 32 heavy (non-hydrogen) atoms.